The van der Waals surface area contributed by atoms with Crippen LogP contribution in [0.4, 0.5) is 0 Å². The maximum Gasteiger partial charge on any atom is 0.163 e. The molecule has 4 heteroatoms. The molecule has 7 aromatic carbocycles. The summed E-state index contributed by atoms with van der Waals surface area (Å²) in [4.78, 5) is 10.4. The minimum Gasteiger partial charge on any atom is -0.293 e. The molecule has 2 aromatic heterocycles. The van der Waals surface area contributed by atoms with E-state index in [0.29, 0.717) is 17.0 Å². The molecule has 0 bridgehead atoms. The molecule has 0 saturated heterocycles. The molecule has 0 fully saturated rings. The molecule has 4 nitrogen and oxygen atoms in total. The van der Waals surface area contributed by atoms with Gasteiger partial charge in [0.05, 0.1) is 33.8 Å². The molecule has 11 rings (SSSR count). The van der Waals surface area contributed by atoms with E-state index < -0.39 is 5.41 Å². The van der Waals surface area contributed by atoms with Crippen LogP contribution in [-0.4, -0.2) is 14.5 Å². The highest BCUT2D eigenvalue weighted by atomic mass is 15.1. The SMILES string of the molecule is N#Cc1ccccc1-c1nc(-c2ccccc2)cc(-n2c3ccccc3c3ccc4c(c32)-c2ccccc2C42c3ccccc3-c3ccccc32)n1. The van der Waals surface area contributed by atoms with Crippen LogP contribution in [-0.2, 0) is 5.41 Å². The van der Waals surface area contributed by atoms with Crippen molar-refractivity contribution in [3.05, 3.63) is 198 Å². The number of hydrogen-bond acceptors (Lipinski definition) is 3. The summed E-state index contributed by atoms with van der Waals surface area (Å²) in [6.45, 7) is 0. The summed E-state index contributed by atoms with van der Waals surface area (Å²) in [5.41, 5.74) is 14.9. The van der Waals surface area contributed by atoms with Gasteiger partial charge in [0.15, 0.2) is 5.82 Å². The molecule has 0 amide bonds. The fraction of sp³-hybridized carbons (Fsp3) is 0.0208. The van der Waals surface area contributed by atoms with Crippen LogP contribution in [0.25, 0.3) is 72.5 Å². The van der Waals surface area contributed by atoms with E-state index in [2.05, 4.69) is 138 Å². The highest BCUT2D eigenvalue weighted by Crippen LogP contribution is 2.64. The summed E-state index contributed by atoms with van der Waals surface area (Å²) >= 11 is 0. The van der Waals surface area contributed by atoms with Gasteiger partial charge in [0.25, 0.3) is 0 Å². The number of aromatic nitrogens is 3. The minimum atomic E-state index is -0.466. The summed E-state index contributed by atoms with van der Waals surface area (Å²) in [5, 5.41) is 12.5. The summed E-state index contributed by atoms with van der Waals surface area (Å²) in [6.07, 6.45) is 0. The molecule has 0 unspecified atom stereocenters. The number of rotatable bonds is 3. The first-order chi connectivity index (χ1) is 25.8. The maximum atomic E-state index is 10.1. The fourth-order valence-corrected chi connectivity index (χ4v) is 9.07. The van der Waals surface area contributed by atoms with E-state index in [9.17, 15) is 5.26 Å². The van der Waals surface area contributed by atoms with Crippen LogP contribution in [0.2, 0.25) is 0 Å². The first kappa shape index (κ1) is 28.7. The van der Waals surface area contributed by atoms with Crippen molar-refractivity contribution in [2.24, 2.45) is 0 Å². The zero-order valence-electron chi connectivity index (χ0n) is 28.0. The van der Waals surface area contributed by atoms with Crippen molar-refractivity contribution < 1.29 is 0 Å². The van der Waals surface area contributed by atoms with E-state index in [1.165, 1.54) is 49.9 Å². The number of benzene rings is 7. The van der Waals surface area contributed by atoms with E-state index >= 15 is 0 Å². The van der Waals surface area contributed by atoms with Crippen LogP contribution in [0, 0.1) is 11.3 Å². The summed E-state index contributed by atoms with van der Waals surface area (Å²) in [7, 11) is 0. The number of para-hydroxylation sites is 1. The topological polar surface area (TPSA) is 54.5 Å². The van der Waals surface area contributed by atoms with Gasteiger partial charge in [-0.25, -0.2) is 9.97 Å². The van der Waals surface area contributed by atoms with Gasteiger partial charge in [-0.05, 0) is 57.1 Å². The molecule has 0 saturated carbocycles. The molecule has 2 aliphatic carbocycles. The Hall–Kier alpha value is -7.09. The molecule has 240 valence electrons. The number of nitrogens with zero attached hydrogens (tertiary/aromatic N) is 4. The Morgan fingerprint density at radius 2 is 1.10 bits per heavy atom. The molecule has 0 N–H and O–H groups in total. The van der Waals surface area contributed by atoms with E-state index in [1.54, 1.807) is 0 Å². The normalized spacial score (nSPS) is 13.1. The second-order valence-corrected chi connectivity index (χ2v) is 13.6. The predicted molar refractivity (Wildman–Crippen MR) is 208 cm³/mol. The average Bonchev–Trinajstić information content (AvgIpc) is 3.83. The fourth-order valence-electron chi connectivity index (χ4n) is 9.07. The first-order valence-corrected chi connectivity index (χ1v) is 17.6. The van der Waals surface area contributed by atoms with E-state index in [-0.39, 0.29) is 0 Å². The highest BCUT2D eigenvalue weighted by molar-refractivity contribution is 6.16. The van der Waals surface area contributed by atoms with Crippen molar-refractivity contribution in [1.29, 1.82) is 5.26 Å². The van der Waals surface area contributed by atoms with Crippen molar-refractivity contribution in [1.82, 2.24) is 14.5 Å². The lowest BCUT2D eigenvalue weighted by molar-refractivity contribution is 0.794. The minimum absolute atomic E-state index is 0.466. The molecular formula is C48H28N4. The van der Waals surface area contributed by atoms with E-state index in [0.717, 1.165) is 33.5 Å². The van der Waals surface area contributed by atoms with Gasteiger partial charge in [-0.2, -0.15) is 5.26 Å². The number of fused-ring (bicyclic) bond motifs is 14. The van der Waals surface area contributed by atoms with Crippen LogP contribution in [0.3, 0.4) is 0 Å². The average molecular weight is 661 g/mol. The zero-order chi connectivity index (χ0) is 34.4. The molecule has 2 heterocycles. The lowest BCUT2D eigenvalue weighted by atomic mass is 9.70. The molecule has 52 heavy (non-hydrogen) atoms. The van der Waals surface area contributed by atoms with Crippen LogP contribution < -0.4 is 0 Å². The van der Waals surface area contributed by atoms with Crippen LogP contribution >= 0.6 is 0 Å². The van der Waals surface area contributed by atoms with Gasteiger partial charge >= 0.3 is 0 Å². The van der Waals surface area contributed by atoms with Crippen molar-refractivity contribution in [3.63, 3.8) is 0 Å². The smallest absolute Gasteiger partial charge is 0.163 e. The molecule has 1 spiro atoms. The van der Waals surface area contributed by atoms with Crippen LogP contribution in [0.5, 0.6) is 0 Å². The van der Waals surface area contributed by atoms with Gasteiger partial charge in [0.2, 0.25) is 0 Å². The van der Waals surface area contributed by atoms with Gasteiger partial charge in [0, 0.05) is 33.5 Å². The number of nitriles is 1. The van der Waals surface area contributed by atoms with E-state index in [4.69, 9.17) is 9.97 Å². The summed E-state index contributed by atoms with van der Waals surface area (Å²) in [6, 6.07) is 62.3. The van der Waals surface area contributed by atoms with Crippen molar-refractivity contribution in [2.75, 3.05) is 0 Å². The molecule has 0 atom stereocenters. The third-order valence-corrected chi connectivity index (χ3v) is 11.1. The van der Waals surface area contributed by atoms with Crippen LogP contribution in [0.1, 0.15) is 27.8 Å². The van der Waals surface area contributed by atoms with Gasteiger partial charge in [0.1, 0.15) is 5.82 Å². The Morgan fingerprint density at radius 3 is 1.83 bits per heavy atom. The predicted octanol–water partition coefficient (Wildman–Crippen LogP) is 11.1. The quantitative estimate of drug-likeness (QED) is 0.189. The van der Waals surface area contributed by atoms with Gasteiger partial charge in [-0.3, -0.25) is 4.57 Å². The Kier molecular flexibility index (Phi) is 5.91. The zero-order valence-corrected chi connectivity index (χ0v) is 28.0. The Morgan fingerprint density at radius 1 is 0.500 bits per heavy atom. The Labute approximate surface area is 300 Å². The van der Waals surface area contributed by atoms with Crippen molar-refractivity contribution in [2.45, 2.75) is 5.41 Å². The monoisotopic (exact) mass is 660 g/mol. The lowest BCUT2D eigenvalue weighted by Gasteiger charge is -2.30. The third kappa shape index (κ3) is 3.69. The molecule has 2 aliphatic rings. The maximum absolute atomic E-state index is 10.1. The largest absolute Gasteiger partial charge is 0.293 e. The van der Waals surface area contributed by atoms with Gasteiger partial charge in [-0.15, -0.1) is 0 Å². The Balaban J connectivity index is 1.30. The van der Waals surface area contributed by atoms with Gasteiger partial charge < -0.3 is 0 Å². The third-order valence-electron chi connectivity index (χ3n) is 11.1. The standard InChI is InChI=1S/C48H28N4/c49-29-31-16-4-5-17-32(31)47-50-42(30-14-2-1-3-15-30)28-44(51-47)52-43-25-13-9-20-35(43)36-26-27-41-45(46(36)52)37-21-8-12-24-40(37)48(41)38-22-10-6-18-33(38)34-19-7-11-23-39(34)48/h1-28H. The number of hydrogen-bond donors (Lipinski definition) is 0. The molecule has 0 aliphatic heterocycles. The molecular weight excluding hydrogens is 633 g/mol. The second-order valence-electron chi connectivity index (χ2n) is 13.6. The molecule has 9 aromatic rings. The second kappa shape index (κ2) is 10.7. The summed E-state index contributed by atoms with van der Waals surface area (Å²) in [5.74, 6) is 1.27. The highest BCUT2D eigenvalue weighted by Gasteiger charge is 2.52. The van der Waals surface area contributed by atoms with Crippen LogP contribution in [0.15, 0.2) is 170 Å². The van der Waals surface area contributed by atoms with Crippen molar-refractivity contribution >= 4 is 21.8 Å². The van der Waals surface area contributed by atoms with Crippen molar-refractivity contribution in [3.8, 4) is 56.8 Å². The van der Waals surface area contributed by atoms with Gasteiger partial charge in [-0.1, -0.05) is 146 Å². The first-order valence-electron chi connectivity index (χ1n) is 17.6. The van der Waals surface area contributed by atoms with E-state index in [1.807, 2.05) is 42.5 Å². The lowest BCUT2D eigenvalue weighted by Crippen LogP contribution is -2.25. The molecule has 0 radical (unpaired) electrons. The Bertz CT molecular complexity index is 2940. The summed E-state index contributed by atoms with van der Waals surface area (Å²) < 4.78 is 2.33.